The molecule has 0 atom stereocenters. The number of rotatable bonds is 6. The number of anilines is 1. The minimum absolute atomic E-state index is 0.212. The molecule has 1 aliphatic heterocycles. The van der Waals surface area contributed by atoms with Gasteiger partial charge in [0.25, 0.3) is 0 Å². The standard InChI is InChI=1S/C23H28FN5O4/c1-23(2,3)33-22(30)28(10-9-27-11-13-31-14-12-27)21-16-20(26-19-7-8-25-29(19)21)32-18-6-4-5-17(24)15-18/h4-8,15-16H,9-14H2,1-3H3. The fourth-order valence-electron chi connectivity index (χ4n) is 3.45. The van der Waals surface area contributed by atoms with Crippen molar-refractivity contribution in [1.29, 1.82) is 0 Å². The van der Waals surface area contributed by atoms with Gasteiger partial charge in [-0.15, -0.1) is 0 Å². The Kier molecular flexibility index (Phi) is 6.75. The molecule has 10 heteroatoms. The molecule has 9 nitrogen and oxygen atoms in total. The van der Waals surface area contributed by atoms with Gasteiger partial charge in [-0.1, -0.05) is 6.07 Å². The Morgan fingerprint density at radius 3 is 2.73 bits per heavy atom. The first-order chi connectivity index (χ1) is 15.8. The summed E-state index contributed by atoms with van der Waals surface area (Å²) in [7, 11) is 0. The zero-order valence-corrected chi connectivity index (χ0v) is 19.0. The molecule has 3 heterocycles. The average molecular weight is 458 g/mol. The lowest BCUT2D eigenvalue weighted by molar-refractivity contribution is 0.0374. The Bertz CT molecular complexity index is 1110. The zero-order valence-electron chi connectivity index (χ0n) is 19.0. The summed E-state index contributed by atoms with van der Waals surface area (Å²) in [6.45, 7) is 9.38. The SMILES string of the molecule is CC(C)(C)OC(=O)N(CCN1CCOCC1)c1cc(Oc2cccc(F)c2)nc2ccnn12. The number of fused-ring (bicyclic) bond motifs is 1. The zero-order chi connectivity index (χ0) is 23.4. The van der Waals surface area contributed by atoms with Gasteiger partial charge >= 0.3 is 6.09 Å². The Balaban J connectivity index is 1.67. The summed E-state index contributed by atoms with van der Waals surface area (Å²) in [6.07, 6.45) is 1.09. The van der Waals surface area contributed by atoms with Crippen molar-refractivity contribution in [3.05, 3.63) is 48.4 Å². The molecular formula is C23H28FN5O4. The quantitative estimate of drug-likeness (QED) is 0.558. The van der Waals surface area contributed by atoms with Gasteiger partial charge < -0.3 is 14.2 Å². The van der Waals surface area contributed by atoms with E-state index in [-0.39, 0.29) is 5.88 Å². The number of carbonyl (C=O) groups excluding carboxylic acids is 1. The monoisotopic (exact) mass is 457 g/mol. The highest BCUT2D eigenvalue weighted by Gasteiger charge is 2.27. The number of morpholine rings is 1. The number of nitrogens with zero attached hydrogens (tertiary/aromatic N) is 5. The first kappa shape index (κ1) is 22.9. The molecule has 1 aliphatic rings. The van der Waals surface area contributed by atoms with Gasteiger partial charge in [0.05, 0.1) is 19.4 Å². The first-order valence-electron chi connectivity index (χ1n) is 10.9. The number of hydrogen-bond acceptors (Lipinski definition) is 7. The van der Waals surface area contributed by atoms with Crippen LogP contribution in [0.2, 0.25) is 0 Å². The Morgan fingerprint density at radius 2 is 2.00 bits per heavy atom. The topological polar surface area (TPSA) is 81.4 Å². The third kappa shape index (κ3) is 5.96. The molecule has 0 unspecified atom stereocenters. The van der Waals surface area contributed by atoms with Gasteiger partial charge in [0.15, 0.2) is 5.65 Å². The lowest BCUT2D eigenvalue weighted by Crippen LogP contribution is -2.45. The van der Waals surface area contributed by atoms with Crippen LogP contribution < -0.4 is 9.64 Å². The van der Waals surface area contributed by atoms with Crippen molar-refractivity contribution in [3.8, 4) is 11.6 Å². The van der Waals surface area contributed by atoms with E-state index in [0.717, 1.165) is 13.1 Å². The highest BCUT2D eigenvalue weighted by molar-refractivity contribution is 5.87. The molecule has 33 heavy (non-hydrogen) atoms. The molecule has 1 saturated heterocycles. The molecule has 0 bridgehead atoms. The van der Waals surface area contributed by atoms with Crippen molar-refractivity contribution < 1.29 is 23.4 Å². The summed E-state index contributed by atoms with van der Waals surface area (Å²) in [6, 6.07) is 9.10. The number of ether oxygens (including phenoxy) is 3. The molecule has 4 rings (SSSR count). The van der Waals surface area contributed by atoms with Crippen LogP contribution in [-0.2, 0) is 9.47 Å². The van der Waals surface area contributed by atoms with Gasteiger partial charge in [0, 0.05) is 44.4 Å². The minimum atomic E-state index is -0.675. The number of amides is 1. The van der Waals surface area contributed by atoms with Crippen molar-refractivity contribution in [2.24, 2.45) is 0 Å². The number of carbonyl (C=O) groups is 1. The van der Waals surface area contributed by atoms with Crippen molar-refractivity contribution in [1.82, 2.24) is 19.5 Å². The maximum Gasteiger partial charge on any atom is 0.416 e. The van der Waals surface area contributed by atoms with E-state index in [2.05, 4.69) is 15.0 Å². The largest absolute Gasteiger partial charge is 0.443 e. The molecule has 1 amide bonds. The summed E-state index contributed by atoms with van der Waals surface area (Å²) < 4.78 is 32.1. The number of benzene rings is 1. The highest BCUT2D eigenvalue weighted by atomic mass is 19.1. The van der Waals surface area contributed by atoms with Gasteiger partial charge in [0.1, 0.15) is 23.0 Å². The fraction of sp³-hybridized carbons (Fsp3) is 0.435. The maximum absolute atomic E-state index is 13.6. The first-order valence-corrected chi connectivity index (χ1v) is 10.9. The Labute approximate surface area is 191 Å². The molecule has 1 fully saturated rings. The van der Waals surface area contributed by atoms with Crippen LogP contribution in [-0.4, -0.2) is 70.6 Å². The van der Waals surface area contributed by atoms with Crippen LogP contribution in [0.4, 0.5) is 15.0 Å². The molecule has 3 aromatic rings. The molecule has 0 saturated carbocycles. The van der Waals surface area contributed by atoms with E-state index in [4.69, 9.17) is 14.2 Å². The van der Waals surface area contributed by atoms with Gasteiger partial charge in [-0.05, 0) is 32.9 Å². The van der Waals surface area contributed by atoms with E-state index in [1.165, 1.54) is 17.0 Å². The molecular weight excluding hydrogens is 429 g/mol. The average Bonchev–Trinajstić information content (AvgIpc) is 3.22. The lowest BCUT2D eigenvalue weighted by atomic mass is 10.2. The number of hydrogen-bond donors (Lipinski definition) is 0. The Hall–Kier alpha value is -3.24. The minimum Gasteiger partial charge on any atom is -0.443 e. The summed E-state index contributed by atoms with van der Waals surface area (Å²) >= 11 is 0. The van der Waals surface area contributed by atoms with Gasteiger partial charge in [-0.3, -0.25) is 9.80 Å². The van der Waals surface area contributed by atoms with Crippen LogP contribution >= 0.6 is 0 Å². The molecule has 1 aromatic carbocycles. The van der Waals surface area contributed by atoms with E-state index in [1.807, 2.05) is 20.8 Å². The van der Waals surface area contributed by atoms with E-state index in [1.54, 1.807) is 35.0 Å². The normalized spacial score (nSPS) is 14.9. The molecule has 0 spiro atoms. The van der Waals surface area contributed by atoms with E-state index < -0.39 is 17.5 Å². The summed E-state index contributed by atoms with van der Waals surface area (Å²) in [5, 5.41) is 4.33. The predicted octanol–water partition coefficient (Wildman–Crippen LogP) is 3.73. The molecule has 2 aromatic heterocycles. The van der Waals surface area contributed by atoms with Crippen LogP contribution in [0.15, 0.2) is 42.6 Å². The maximum atomic E-state index is 13.6. The van der Waals surface area contributed by atoms with Gasteiger partial charge in [-0.2, -0.15) is 14.6 Å². The van der Waals surface area contributed by atoms with E-state index in [9.17, 15) is 9.18 Å². The lowest BCUT2D eigenvalue weighted by Gasteiger charge is -2.31. The highest BCUT2D eigenvalue weighted by Crippen LogP contribution is 2.27. The van der Waals surface area contributed by atoms with Crippen LogP contribution in [0.3, 0.4) is 0 Å². The summed E-state index contributed by atoms with van der Waals surface area (Å²) in [4.78, 5) is 21.4. The van der Waals surface area contributed by atoms with Gasteiger partial charge in [0.2, 0.25) is 5.88 Å². The second-order valence-electron chi connectivity index (χ2n) is 8.70. The van der Waals surface area contributed by atoms with Crippen LogP contribution in [0.1, 0.15) is 20.8 Å². The molecule has 176 valence electrons. The second kappa shape index (κ2) is 9.72. The van der Waals surface area contributed by atoms with E-state index in [0.29, 0.717) is 43.5 Å². The van der Waals surface area contributed by atoms with Crippen molar-refractivity contribution in [2.45, 2.75) is 26.4 Å². The fourth-order valence-corrected chi connectivity index (χ4v) is 3.45. The van der Waals surface area contributed by atoms with Crippen LogP contribution in [0, 0.1) is 5.82 Å². The summed E-state index contributed by atoms with van der Waals surface area (Å²) in [5.74, 6) is 0.538. The van der Waals surface area contributed by atoms with E-state index >= 15 is 0 Å². The predicted molar refractivity (Wildman–Crippen MR) is 120 cm³/mol. The molecule has 0 N–H and O–H groups in total. The molecule has 0 radical (unpaired) electrons. The smallest absolute Gasteiger partial charge is 0.416 e. The third-order valence-electron chi connectivity index (χ3n) is 4.97. The second-order valence-corrected chi connectivity index (χ2v) is 8.70. The Morgan fingerprint density at radius 1 is 1.21 bits per heavy atom. The number of aromatic nitrogens is 3. The summed E-state index contributed by atoms with van der Waals surface area (Å²) in [5.41, 5.74) is -0.190. The van der Waals surface area contributed by atoms with Crippen LogP contribution in [0.25, 0.3) is 5.65 Å². The third-order valence-corrected chi connectivity index (χ3v) is 4.97. The van der Waals surface area contributed by atoms with Gasteiger partial charge in [-0.25, -0.2) is 9.18 Å². The molecule has 0 aliphatic carbocycles. The van der Waals surface area contributed by atoms with Crippen LogP contribution in [0.5, 0.6) is 11.6 Å². The van der Waals surface area contributed by atoms with Crippen molar-refractivity contribution in [3.63, 3.8) is 0 Å². The van der Waals surface area contributed by atoms with Crippen molar-refractivity contribution in [2.75, 3.05) is 44.3 Å². The number of halogens is 1. The van der Waals surface area contributed by atoms with Crippen molar-refractivity contribution >= 4 is 17.6 Å².